The highest BCUT2D eigenvalue weighted by molar-refractivity contribution is 7.89. The third-order valence-electron chi connectivity index (χ3n) is 3.92. The van der Waals surface area contributed by atoms with Crippen molar-refractivity contribution in [3.63, 3.8) is 0 Å². The minimum atomic E-state index is -3.34. The molecule has 6 heteroatoms. The lowest BCUT2D eigenvalue weighted by Gasteiger charge is -2.33. The zero-order chi connectivity index (χ0) is 15.3. The van der Waals surface area contributed by atoms with Crippen molar-refractivity contribution in [1.29, 1.82) is 0 Å². The Kier molecular flexibility index (Phi) is 5.75. The van der Waals surface area contributed by atoms with E-state index in [0.29, 0.717) is 18.0 Å². The van der Waals surface area contributed by atoms with Gasteiger partial charge in [0.1, 0.15) is 0 Å². The second-order valence-electron chi connectivity index (χ2n) is 5.26. The average Bonchev–Trinajstić information content (AvgIpc) is 2.53. The summed E-state index contributed by atoms with van der Waals surface area (Å²) in [5.41, 5.74) is 1.10. The summed E-state index contributed by atoms with van der Waals surface area (Å²) in [4.78, 5) is 2.67. The fraction of sp³-hybridized carbons (Fsp3) is 0.600. The number of rotatable bonds is 6. The number of likely N-dealkylation sites (N-methyl/N-ethyl adjacent to an activating group) is 1. The van der Waals surface area contributed by atoms with Crippen LogP contribution in [0.5, 0.6) is 0 Å². The molecule has 0 radical (unpaired) electrons. The molecule has 1 aliphatic rings. The van der Waals surface area contributed by atoms with Crippen LogP contribution in [0.4, 0.5) is 0 Å². The molecule has 1 heterocycles. The normalized spacial score (nSPS) is 18.0. The molecule has 5 nitrogen and oxygen atoms in total. The van der Waals surface area contributed by atoms with Crippen LogP contribution in [0.3, 0.4) is 0 Å². The molecule has 118 valence electrons. The fourth-order valence-electron chi connectivity index (χ4n) is 2.48. The predicted molar refractivity (Wildman–Crippen MR) is 84.7 cm³/mol. The Labute approximate surface area is 128 Å². The first kappa shape index (κ1) is 16.4. The quantitative estimate of drug-likeness (QED) is 0.855. The second-order valence-corrected chi connectivity index (χ2v) is 7.20. The molecule has 1 aromatic carbocycles. The SMILES string of the molecule is CCNCc1ccc(S(=O)(=O)N2CCN(CC)CC2)cc1. The van der Waals surface area contributed by atoms with Gasteiger partial charge in [0.15, 0.2) is 0 Å². The minimum absolute atomic E-state index is 0.396. The van der Waals surface area contributed by atoms with Crippen molar-refractivity contribution in [3.8, 4) is 0 Å². The van der Waals surface area contributed by atoms with Crippen LogP contribution in [0.25, 0.3) is 0 Å². The minimum Gasteiger partial charge on any atom is -0.313 e. The zero-order valence-corrected chi connectivity index (χ0v) is 13.7. The molecule has 0 saturated carbocycles. The summed E-state index contributed by atoms with van der Waals surface area (Å²) in [6.45, 7) is 9.59. The van der Waals surface area contributed by atoms with Gasteiger partial charge >= 0.3 is 0 Å². The van der Waals surface area contributed by atoms with Crippen LogP contribution in [0.1, 0.15) is 19.4 Å². The number of nitrogens with one attached hydrogen (secondary N) is 1. The molecule has 0 unspecified atom stereocenters. The van der Waals surface area contributed by atoms with Gasteiger partial charge in [-0.2, -0.15) is 4.31 Å². The van der Waals surface area contributed by atoms with Gasteiger partial charge in [-0.3, -0.25) is 0 Å². The first-order valence-electron chi connectivity index (χ1n) is 7.60. The van der Waals surface area contributed by atoms with Gasteiger partial charge in [-0.15, -0.1) is 0 Å². The van der Waals surface area contributed by atoms with Gasteiger partial charge < -0.3 is 10.2 Å². The third kappa shape index (κ3) is 4.03. The van der Waals surface area contributed by atoms with E-state index >= 15 is 0 Å². The van der Waals surface area contributed by atoms with Crippen molar-refractivity contribution in [2.24, 2.45) is 0 Å². The molecular formula is C15H25N3O2S. The van der Waals surface area contributed by atoms with Crippen LogP contribution in [-0.4, -0.2) is 56.9 Å². The largest absolute Gasteiger partial charge is 0.313 e. The summed E-state index contributed by atoms with van der Waals surface area (Å²) in [6.07, 6.45) is 0. The van der Waals surface area contributed by atoms with Crippen LogP contribution >= 0.6 is 0 Å². The molecule has 2 rings (SSSR count). The van der Waals surface area contributed by atoms with Crippen LogP contribution in [-0.2, 0) is 16.6 Å². The first-order valence-corrected chi connectivity index (χ1v) is 9.04. The smallest absolute Gasteiger partial charge is 0.243 e. The maximum absolute atomic E-state index is 12.6. The highest BCUT2D eigenvalue weighted by Gasteiger charge is 2.27. The van der Waals surface area contributed by atoms with Gasteiger partial charge in [0, 0.05) is 32.7 Å². The average molecular weight is 311 g/mol. The third-order valence-corrected chi connectivity index (χ3v) is 5.83. The Hall–Kier alpha value is -0.950. The van der Waals surface area contributed by atoms with Crippen LogP contribution in [0.15, 0.2) is 29.2 Å². The van der Waals surface area contributed by atoms with Crippen molar-refractivity contribution in [1.82, 2.24) is 14.5 Å². The molecule has 0 amide bonds. The maximum atomic E-state index is 12.6. The van der Waals surface area contributed by atoms with Crippen LogP contribution < -0.4 is 5.32 Å². The summed E-state index contributed by atoms with van der Waals surface area (Å²) in [5.74, 6) is 0. The zero-order valence-electron chi connectivity index (χ0n) is 12.9. The lowest BCUT2D eigenvalue weighted by atomic mass is 10.2. The number of hydrogen-bond donors (Lipinski definition) is 1. The Morgan fingerprint density at radius 2 is 1.67 bits per heavy atom. The summed E-state index contributed by atoms with van der Waals surface area (Å²) in [6, 6.07) is 7.21. The number of piperazine rings is 1. The lowest BCUT2D eigenvalue weighted by molar-refractivity contribution is 0.196. The molecular weight excluding hydrogens is 286 g/mol. The van der Waals surface area contributed by atoms with E-state index in [1.54, 1.807) is 16.4 Å². The highest BCUT2D eigenvalue weighted by atomic mass is 32.2. The summed E-state index contributed by atoms with van der Waals surface area (Å²) in [5, 5.41) is 3.23. The molecule has 1 saturated heterocycles. The number of benzene rings is 1. The molecule has 0 bridgehead atoms. The van der Waals surface area contributed by atoms with Gasteiger partial charge in [-0.25, -0.2) is 8.42 Å². The topological polar surface area (TPSA) is 52.7 Å². The van der Waals surface area contributed by atoms with E-state index in [-0.39, 0.29) is 0 Å². The van der Waals surface area contributed by atoms with E-state index < -0.39 is 10.0 Å². The van der Waals surface area contributed by atoms with Crippen molar-refractivity contribution in [2.45, 2.75) is 25.3 Å². The van der Waals surface area contributed by atoms with E-state index in [9.17, 15) is 8.42 Å². The molecule has 1 N–H and O–H groups in total. The summed E-state index contributed by atoms with van der Waals surface area (Å²) >= 11 is 0. The Morgan fingerprint density at radius 1 is 1.05 bits per heavy atom. The lowest BCUT2D eigenvalue weighted by Crippen LogP contribution is -2.48. The van der Waals surface area contributed by atoms with E-state index in [0.717, 1.165) is 38.3 Å². The van der Waals surface area contributed by atoms with Gasteiger partial charge in [0.05, 0.1) is 4.90 Å². The monoisotopic (exact) mass is 311 g/mol. The van der Waals surface area contributed by atoms with Crippen molar-refractivity contribution < 1.29 is 8.42 Å². The number of nitrogens with zero attached hydrogens (tertiary/aromatic N) is 2. The van der Waals surface area contributed by atoms with Gasteiger partial charge in [-0.05, 0) is 30.8 Å². The van der Waals surface area contributed by atoms with Crippen molar-refractivity contribution >= 4 is 10.0 Å². The van der Waals surface area contributed by atoms with Crippen molar-refractivity contribution in [3.05, 3.63) is 29.8 Å². The fourth-order valence-corrected chi connectivity index (χ4v) is 3.91. The highest BCUT2D eigenvalue weighted by Crippen LogP contribution is 2.18. The summed E-state index contributed by atoms with van der Waals surface area (Å²) in [7, 11) is -3.34. The van der Waals surface area contributed by atoms with Crippen molar-refractivity contribution in [2.75, 3.05) is 39.3 Å². The number of hydrogen-bond acceptors (Lipinski definition) is 4. The molecule has 1 aliphatic heterocycles. The summed E-state index contributed by atoms with van der Waals surface area (Å²) < 4.78 is 26.8. The second kappa shape index (κ2) is 7.35. The molecule has 0 atom stereocenters. The van der Waals surface area contributed by atoms with Gasteiger partial charge in [-0.1, -0.05) is 26.0 Å². The van der Waals surface area contributed by atoms with Gasteiger partial charge in [0.2, 0.25) is 10.0 Å². The van der Waals surface area contributed by atoms with Crippen LogP contribution in [0, 0.1) is 0 Å². The van der Waals surface area contributed by atoms with E-state index in [1.165, 1.54) is 0 Å². The molecule has 1 aromatic rings. The Morgan fingerprint density at radius 3 is 2.19 bits per heavy atom. The van der Waals surface area contributed by atoms with Gasteiger partial charge in [0.25, 0.3) is 0 Å². The molecule has 0 aliphatic carbocycles. The molecule has 0 spiro atoms. The maximum Gasteiger partial charge on any atom is 0.243 e. The number of sulfonamides is 1. The van der Waals surface area contributed by atoms with Crippen LogP contribution in [0.2, 0.25) is 0 Å². The molecule has 1 fully saturated rings. The van der Waals surface area contributed by atoms with E-state index in [4.69, 9.17) is 0 Å². The Bertz CT molecular complexity index is 535. The standard InChI is InChI=1S/C15H25N3O2S/c1-3-16-13-14-5-7-15(8-6-14)21(19,20)18-11-9-17(4-2)10-12-18/h5-8,16H,3-4,9-13H2,1-2H3. The molecule has 0 aromatic heterocycles. The van der Waals surface area contributed by atoms with E-state index in [1.807, 2.05) is 12.1 Å². The molecule has 21 heavy (non-hydrogen) atoms. The first-order chi connectivity index (χ1) is 10.1. The predicted octanol–water partition coefficient (Wildman–Crippen LogP) is 1.12. The Balaban J connectivity index is 2.05. The van der Waals surface area contributed by atoms with E-state index in [2.05, 4.69) is 24.1 Å².